The van der Waals surface area contributed by atoms with Gasteiger partial charge in [0.2, 0.25) is 5.91 Å². The van der Waals surface area contributed by atoms with Gasteiger partial charge in [0.05, 0.1) is 19.3 Å². The molecule has 0 fully saturated rings. The third-order valence-corrected chi connectivity index (χ3v) is 3.51. The molecule has 9 nitrogen and oxygen atoms in total. The van der Waals surface area contributed by atoms with Crippen LogP contribution in [0.2, 0.25) is 0 Å². The monoisotopic (exact) mass is 335 g/mol. The standard InChI is InChI=1S/C15H21N5O4/c1-2-19-9-11(17-18-19)8-16-13(22)5-3-4-12(21)10-20-14(23)6-7-15(20)24/h6-7,9,23-24H,2-5,8,10H2,1H3,(H,16,22). The smallest absolute Gasteiger partial charge is 0.220 e. The Balaban J connectivity index is 1.66. The van der Waals surface area contributed by atoms with E-state index >= 15 is 0 Å². The second kappa shape index (κ2) is 8.14. The third kappa shape index (κ3) is 4.83. The number of amides is 1. The molecule has 0 spiro atoms. The van der Waals surface area contributed by atoms with Gasteiger partial charge in [0.15, 0.2) is 17.5 Å². The van der Waals surface area contributed by atoms with Crippen molar-refractivity contribution in [2.75, 3.05) is 0 Å². The molecule has 24 heavy (non-hydrogen) atoms. The molecule has 0 unspecified atom stereocenters. The summed E-state index contributed by atoms with van der Waals surface area (Å²) in [6.07, 6.45) is 2.57. The SMILES string of the molecule is CCn1cc(CNC(=O)CCCC(=O)Cn2c(O)ccc2O)nn1. The average molecular weight is 335 g/mol. The molecule has 2 rings (SSSR count). The lowest BCUT2D eigenvalue weighted by atomic mass is 10.1. The summed E-state index contributed by atoms with van der Waals surface area (Å²) in [6, 6.07) is 2.62. The van der Waals surface area contributed by atoms with E-state index in [0.717, 1.165) is 11.1 Å². The molecule has 9 heteroatoms. The van der Waals surface area contributed by atoms with E-state index in [-0.39, 0.29) is 42.8 Å². The highest BCUT2D eigenvalue weighted by Crippen LogP contribution is 2.20. The number of Topliss-reactive ketones (excluding diaryl/α,β-unsaturated/α-hetero) is 1. The number of hydrogen-bond acceptors (Lipinski definition) is 6. The second-order valence-electron chi connectivity index (χ2n) is 5.37. The van der Waals surface area contributed by atoms with E-state index in [9.17, 15) is 19.8 Å². The Morgan fingerprint density at radius 1 is 1.21 bits per heavy atom. The van der Waals surface area contributed by atoms with Crippen molar-refractivity contribution in [1.29, 1.82) is 0 Å². The van der Waals surface area contributed by atoms with Gasteiger partial charge in [-0.2, -0.15) is 0 Å². The van der Waals surface area contributed by atoms with Crippen molar-refractivity contribution < 1.29 is 19.8 Å². The summed E-state index contributed by atoms with van der Waals surface area (Å²) in [7, 11) is 0. The molecule has 0 aliphatic heterocycles. The average Bonchev–Trinajstić information content (AvgIpc) is 3.14. The van der Waals surface area contributed by atoms with Crippen LogP contribution in [0, 0.1) is 0 Å². The molecule has 0 aliphatic rings. The Kier molecular flexibility index (Phi) is 5.94. The lowest BCUT2D eigenvalue weighted by Crippen LogP contribution is -2.23. The van der Waals surface area contributed by atoms with Gasteiger partial charge in [-0.1, -0.05) is 5.21 Å². The number of ketones is 1. The van der Waals surface area contributed by atoms with Crippen molar-refractivity contribution in [3.63, 3.8) is 0 Å². The van der Waals surface area contributed by atoms with E-state index in [4.69, 9.17) is 0 Å². The van der Waals surface area contributed by atoms with Crippen molar-refractivity contribution in [2.24, 2.45) is 0 Å². The first-order chi connectivity index (χ1) is 11.5. The highest BCUT2D eigenvalue weighted by atomic mass is 16.3. The van der Waals surface area contributed by atoms with Crippen LogP contribution in [-0.4, -0.2) is 41.5 Å². The van der Waals surface area contributed by atoms with E-state index in [1.807, 2.05) is 6.92 Å². The number of carbonyl (C=O) groups is 2. The van der Waals surface area contributed by atoms with Crippen LogP contribution < -0.4 is 5.32 Å². The predicted molar refractivity (Wildman–Crippen MR) is 84.2 cm³/mol. The first-order valence-electron chi connectivity index (χ1n) is 7.74. The Labute approximate surface area is 138 Å². The molecule has 0 radical (unpaired) electrons. The van der Waals surface area contributed by atoms with Crippen molar-refractivity contribution in [1.82, 2.24) is 24.9 Å². The number of aromatic hydroxyl groups is 2. The molecular weight excluding hydrogens is 314 g/mol. The van der Waals surface area contributed by atoms with Gasteiger partial charge in [0.1, 0.15) is 5.69 Å². The lowest BCUT2D eigenvalue weighted by Gasteiger charge is -2.06. The first-order valence-corrected chi connectivity index (χ1v) is 7.74. The van der Waals surface area contributed by atoms with Gasteiger partial charge >= 0.3 is 0 Å². The molecule has 0 saturated carbocycles. The zero-order chi connectivity index (χ0) is 17.5. The number of nitrogens with one attached hydrogen (secondary N) is 1. The molecule has 130 valence electrons. The van der Waals surface area contributed by atoms with Gasteiger partial charge in [-0.05, 0) is 13.3 Å². The van der Waals surface area contributed by atoms with E-state index in [0.29, 0.717) is 18.7 Å². The molecule has 0 saturated heterocycles. The fourth-order valence-corrected chi connectivity index (χ4v) is 2.16. The Morgan fingerprint density at radius 3 is 2.54 bits per heavy atom. The summed E-state index contributed by atoms with van der Waals surface area (Å²) in [6.45, 7) is 2.85. The molecule has 2 aromatic rings. The maximum Gasteiger partial charge on any atom is 0.220 e. The fourth-order valence-electron chi connectivity index (χ4n) is 2.16. The largest absolute Gasteiger partial charge is 0.494 e. The highest BCUT2D eigenvalue weighted by Gasteiger charge is 2.11. The molecule has 0 bridgehead atoms. The number of hydrogen-bond donors (Lipinski definition) is 3. The second-order valence-corrected chi connectivity index (χ2v) is 5.37. The number of nitrogens with zero attached hydrogens (tertiary/aromatic N) is 4. The van der Waals surface area contributed by atoms with Gasteiger partial charge in [0.25, 0.3) is 0 Å². The van der Waals surface area contributed by atoms with Crippen LogP contribution in [0.1, 0.15) is 31.9 Å². The van der Waals surface area contributed by atoms with Crippen molar-refractivity contribution in [3.8, 4) is 11.8 Å². The minimum absolute atomic E-state index is 0.119. The quantitative estimate of drug-likeness (QED) is 0.616. The first kappa shape index (κ1) is 17.5. The lowest BCUT2D eigenvalue weighted by molar-refractivity contribution is -0.122. The molecular formula is C15H21N5O4. The molecule has 3 N–H and O–H groups in total. The predicted octanol–water partition coefficient (Wildman–Crippen LogP) is 0.566. The molecule has 2 heterocycles. The summed E-state index contributed by atoms with van der Waals surface area (Å²) < 4.78 is 2.78. The summed E-state index contributed by atoms with van der Waals surface area (Å²) in [5, 5.41) is 29.4. The van der Waals surface area contributed by atoms with E-state index in [1.54, 1.807) is 10.9 Å². The summed E-state index contributed by atoms with van der Waals surface area (Å²) >= 11 is 0. The molecule has 0 atom stereocenters. The number of rotatable bonds is 9. The summed E-state index contributed by atoms with van der Waals surface area (Å²) in [5.74, 6) is -0.673. The summed E-state index contributed by atoms with van der Waals surface area (Å²) in [4.78, 5) is 23.6. The maximum absolute atomic E-state index is 11.8. The molecule has 1 amide bonds. The van der Waals surface area contributed by atoms with Crippen LogP contribution in [0.5, 0.6) is 11.8 Å². The van der Waals surface area contributed by atoms with Gasteiger partial charge in [-0.25, -0.2) is 0 Å². The van der Waals surface area contributed by atoms with Gasteiger partial charge in [-0.3, -0.25) is 18.8 Å². The van der Waals surface area contributed by atoms with E-state index < -0.39 is 0 Å². The Bertz CT molecular complexity index is 687. The van der Waals surface area contributed by atoms with Crippen molar-refractivity contribution in [2.45, 2.75) is 45.8 Å². The zero-order valence-corrected chi connectivity index (χ0v) is 13.5. The normalized spacial score (nSPS) is 10.7. The Morgan fingerprint density at radius 2 is 1.92 bits per heavy atom. The number of aryl methyl sites for hydroxylation is 1. The topological polar surface area (TPSA) is 122 Å². The molecule has 0 aromatic carbocycles. The van der Waals surface area contributed by atoms with Crippen molar-refractivity contribution in [3.05, 3.63) is 24.0 Å². The zero-order valence-electron chi connectivity index (χ0n) is 13.5. The van der Waals surface area contributed by atoms with Crippen LogP contribution in [-0.2, 0) is 29.2 Å². The van der Waals surface area contributed by atoms with E-state index in [1.165, 1.54) is 12.1 Å². The molecule has 2 aromatic heterocycles. The van der Waals surface area contributed by atoms with Crippen LogP contribution in [0.4, 0.5) is 0 Å². The van der Waals surface area contributed by atoms with Crippen LogP contribution in [0.3, 0.4) is 0 Å². The minimum atomic E-state index is -0.171. The van der Waals surface area contributed by atoms with Crippen molar-refractivity contribution >= 4 is 11.7 Å². The van der Waals surface area contributed by atoms with Gasteiger partial charge in [0, 0.05) is 31.5 Å². The fraction of sp³-hybridized carbons (Fsp3) is 0.467. The summed E-state index contributed by atoms with van der Waals surface area (Å²) in [5.41, 5.74) is 0.680. The number of aromatic nitrogens is 4. The Hall–Kier alpha value is -2.84. The number of carbonyl (C=O) groups excluding carboxylic acids is 2. The van der Waals surface area contributed by atoms with Gasteiger partial charge < -0.3 is 15.5 Å². The minimum Gasteiger partial charge on any atom is -0.494 e. The van der Waals surface area contributed by atoms with Crippen LogP contribution in [0.15, 0.2) is 18.3 Å². The van der Waals surface area contributed by atoms with Gasteiger partial charge in [-0.15, -0.1) is 5.10 Å². The van der Waals surface area contributed by atoms with Crippen LogP contribution in [0.25, 0.3) is 0 Å². The van der Waals surface area contributed by atoms with Crippen LogP contribution >= 0.6 is 0 Å². The maximum atomic E-state index is 11.8. The molecule has 0 aliphatic carbocycles. The third-order valence-electron chi connectivity index (χ3n) is 3.51. The highest BCUT2D eigenvalue weighted by molar-refractivity contribution is 5.80. The van der Waals surface area contributed by atoms with E-state index in [2.05, 4.69) is 15.6 Å².